The van der Waals surface area contributed by atoms with Crippen molar-refractivity contribution in [3.05, 3.63) is 297 Å². The fourth-order valence-electron chi connectivity index (χ4n) is 15.2. The number of furan rings is 4. The van der Waals surface area contributed by atoms with Gasteiger partial charge in [-0.2, -0.15) is 59.1 Å². The predicted molar refractivity (Wildman–Crippen MR) is 554 cm³/mol. The van der Waals surface area contributed by atoms with Crippen LogP contribution in [0.25, 0.3) is 100 Å². The van der Waals surface area contributed by atoms with Crippen LogP contribution in [0.3, 0.4) is 0 Å². The number of benzene rings is 10. The summed E-state index contributed by atoms with van der Waals surface area (Å²) in [5.41, 5.74) is 7.13. The van der Waals surface area contributed by atoms with Crippen LogP contribution in [0, 0.1) is 6.92 Å². The van der Waals surface area contributed by atoms with E-state index in [1.54, 1.807) is 100 Å². The van der Waals surface area contributed by atoms with E-state index in [-0.39, 0.29) is 125 Å². The number of hydrogen-bond donors (Lipinski definition) is 2. The van der Waals surface area contributed by atoms with E-state index in [4.69, 9.17) is 79.3 Å². The summed E-state index contributed by atoms with van der Waals surface area (Å²) in [6.45, 7) is 37.3. The molecule has 2 N–H and O–H groups in total. The first-order chi connectivity index (χ1) is 68.0. The monoisotopic (exact) mass is 2140 g/mol. The molecule has 14 aromatic rings. The maximum atomic E-state index is 16.7. The number of ether oxygens (including phenoxy) is 6. The zero-order chi connectivity index (χ0) is 108. The number of alkyl halides is 12. The summed E-state index contributed by atoms with van der Waals surface area (Å²) in [4.78, 5) is 20.5. The fourth-order valence-corrected chi connectivity index (χ4v) is 16.0. The van der Waals surface area contributed by atoms with Crippen LogP contribution in [-0.4, -0.2) is 99.8 Å². The standard InChI is InChI=1S/C43H38F6O4.C19H19BrO2.C19H20O2.C10H15BO2.C9H8Cl2O2.C5F8.C5H6O2.C4H9.Li/c1-39(2,3)25-13-9-23(10-14-25)37-33(29-19-17-27(50-7)21-31(29)52-37)35-36(42(46,47)43(48,49)41(35,44)45)34-30-20-18-28(51-8)22-32(30)53-38(34)24-11-15-26(16-12-24)40(4,5)6;1-19(2,3)13-7-5-12(6-8-13)18-17(20)15-10-9-14(21-4)11-16(15)22-18;1-19(2,3)15-8-5-13(6-9-15)17-11-14-7-10-16(20-4)12-18(14)21-17;1-10(2,3)8-4-6-9(7-5-8)11(12)13;1-12-7-3-2-4-8(5-7)13-9(11)6-10;6-1-2(7)4(10,11)5(12,13)3(1,8)9;6-4-1-2-5(7)3-4;1-3-4-2;/h9-22H,1-8H3;5-11H,1-4H3;5-12H,1-4H3;4-7,12-13H,1-3H3;2-6H,1H3;;1-3H2;1,3-4H2,2H3;/q;;;;;;;-1;+1/b;;;;9-6-;;;;. The van der Waals surface area contributed by atoms with Gasteiger partial charge in [0.25, 0.3) is 0 Å². The van der Waals surface area contributed by atoms with Crippen LogP contribution >= 0.6 is 39.1 Å². The molecule has 147 heavy (non-hydrogen) atoms. The second kappa shape index (κ2) is 47.5. The van der Waals surface area contributed by atoms with Gasteiger partial charge in [0.05, 0.1) is 52.0 Å². The Morgan fingerprint density at radius 2 is 0.707 bits per heavy atom. The number of Topliss-reactive ketones (excluding diaryl/α,β-unsaturated/α-hetero) is 2. The Labute approximate surface area is 876 Å². The molecule has 1 fully saturated rings. The number of allylic oxidation sites excluding steroid dienone is 4. The maximum Gasteiger partial charge on any atom is 1.00 e. The third-order valence-electron chi connectivity index (χ3n) is 24.0. The first-order valence-electron chi connectivity index (χ1n) is 46.2. The molecule has 0 saturated heterocycles. The molecule has 17 rings (SSSR count). The first kappa shape index (κ1) is 119. The molecule has 10 aromatic carbocycles. The van der Waals surface area contributed by atoms with Crippen LogP contribution in [0.1, 0.15) is 182 Å². The topological polar surface area (TPSA) is 183 Å². The van der Waals surface area contributed by atoms with Gasteiger partial charge in [0.15, 0.2) is 0 Å². The minimum atomic E-state index is -6.06. The van der Waals surface area contributed by atoms with Gasteiger partial charge in [0.1, 0.15) is 91.4 Å². The van der Waals surface area contributed by atoms with Gasteiger partial charge in [0.2, 0.25) is 16.9 Å². The second-order valence-corrected chi connectivity index (χ2v) is 41.0. The SMILES string of the molecule is CC(C)(C)c1ccc(B(O)O)cc1.COc1ccc2c(Br)c(-c3ccc(C(C)(C)C)cc3)oc2c1.COc1ccc2c(C3=C(c4c(-c5ccc(C(C)(C)C)cc5)oc5cc(OC)ccc45)C(F)(F)C(F)(F)C3(F)F)c(-c3ccc(C(C)(C)C)cc3)oc2c1.COc1ccc2cc(-c3ccc(C(C)(C)C)cc3)oc2c1.COc1cccc(O/C(Cl)=C\Cl)c1.FC1=C(F)C(F)(F)C(F)(F)C1(F)F.O=C1CCC(=O)C1.[CH2-]CCC.[Li+]. The number of hydrogen-bond acceptors (Lipinski definition) is 14. The zero-order valence-corrected chi connectivity index (χ0v) is 88.6. The van der Waals surface area contributed by atoms with Gasteiger partial charge in [-0.15, -0.1) is 0 Å². The molecule has 0 aliphatic heterocycles. The first-order valence-corrected chi connectivity index (χ1v) is 47.8. The Hall–Kier alpha value is -11.6. The number of carbonyl (C=O) groups is 2. The Morgan fingerprint density at radius 1 is 0.408 bits per heavy atom. The van der Waals surface area contributed by atoms with Crippen molar-refractivity contribution in [2.45, 2.75) is 205 Å². The second-order valence-electron chi connectivity index (χ2n) is 39.6. The molecule has 3 aliphatic rings. The van der Waals surface area contributed by atoms with Crippen molar-refractivity contribution < 1.29 is 146 Å². The average molecular weight is 2140 g/mol. The van der Waals surface area contributed by atoms with Crippen molar-refractivity contribution in [2.75, 3.05) is 35.5 Å². The summed E-state index contributed by atoms with van der Waals surface area (Å²) in [5, 5.41) is 19.9. The molecule has 1 saturated carbocycles. The van der Waals surface area contributed by atoms with E-state index in [0.29, 0.717) is 29.8 Å². The molecule has 14 nitrogen and oxygen atoms in total. The Kier molecular flexibility index (Phi) is 38.4. The van der Waals surface area contributed by atoms with E-state index in [2.05, 4.69) is 147 Å². The maximum absolute atomic E-state index is 16.7. The largest absolute Gasteiger partial charge is 1.00 e. The smallest absolute Gasteiger partial charge is 0.497 e. The Balaban J connectivity index is 0.000000211. The van der Waals surface area contributed by atoms with Gasteiger partial charge in [-0.3, -0.25) is 9.59 Å². The van der Waals surface area contributed by atoms with Gasteiger partial charge in [-0.05, 0) is 155 Å². The van der Waals surface area contributed by atoms with Gasteiger partial charge in [-0.1, -0.05) is 256 Å². The number of rotatable bonds is 15. The number of methoxy groups -OCH3 is 5. The number of carbonyl (C=O) groups excluding carboxylic acids is 2. The molecule has 0 atom stereocenters. The summed E-state index contributed by atoms with van der Waals surface area (Å²) in [5.74, 6) is -36.2. The quantitative estimate of drug-likeness (QED) is 0.0325. The molecule has 4 heterocycles. The van der Waals surface area contributed by atoms with Crippen molar-refractivity contribution in [3.63, 3.8) is 0 Å². The van der Waals surface area contributed by atoms with Crippen LogP contribution in [0.4, 0.5) is 61.5 Å². The molecule has 33 heteroatoms. The summed E-state index contributed by atoms with van der Waals surface area (Å²) in [6, 6.07) is 67.1. The molecule has 3 aliphatic carbocycles. The van der Waals surface area contributed by atoms with Gasteiger partial charge >= 0.3 is 61.5 Å². The van der Waals surface area contributed by atoms with Crippen molar-refractivity contribution in [1.82, 2.24) is 0 Å². The molecule has 0 spiro atoms. The number of unbranched alkanes of at least 4 members (excludes halogenated alkanes) is 1. The minimum Gasteiger partial charge on any atom is -0.497 e. The van der Waals surface area contributed by atoms with E-state index >= 15 is 26.3 Å². The predicted octanol–water partition coefficient (Wildman–Crippen LogP) is 30.5. The van der Waals surface area contributed by atoms with Crippen LogP contribution in [0.15, 0.2) is 269 Å². The molecule has 778 valence electrons. The third-order valence-corrected chi connectivity index (χ3v) is 25.3. The van der Waals surface area contributed by atoms with Gasteiger partial charge in [0, 0.05) is 109 Å². The molecule has 0 amide bonds. The van der Waals surface area contributed by atoms with Crippen LogP contribution < -0.4 is 52.7 Å². The molecule has 4 aromatic heterocycles. The Bertz CT molecular complexity index is 6810. The molecule has 0 radical (unpaired) electrons. The summed E-state index contributed by atoms with van der Waals surface area (Å²) >= 11 is 14.5. The molecule has 0 unspecified atom stereocenters. The molecule has 0 bridgehead atoms. The summed E-state index contributed by atoms with van der Waals surface area (Å²) in [6.07, 6.45) is 3.44. The van der Waals surface area contributed by atoms with Crippen molar-refractivity contribution >= 4 is 118 Å². The van der Waals surface area contributed by atoms with E-state index in [1.165, 1.54) is 73.7 Å². The van der Waals surface area contributed by atoms with Crippen molar-refractivity contribution in [3.8, 4) is 79.8 Å². The van der Waals surface area contributed by atoms with E-state index < -0.39 is 76.6 Å². The average Bonchev–Trinajstić information content (AvgIpc) is 1.51. The number of fused-ring (bicyclic) bond motifs is 4. The van der Waals surface area contributed by atoms with Crippen molar-refractivity contribution in [2.24, 2.45) is 0 Å². The van der Waals surface area contributed by atoms with Crippen molar-refractivity contribution in [1.29, 1.82) is 0 Å². The Morgan fingerprint density at radius 3 is 1.02 bits per heavy atom. The number of ketones is 2. The minimum absolute atomic E-state index is 0. The van der Waals surface area contributed by atoms with Crippen LogP contribution in [0.5, 0.6) is 34.5 Å². The molecular formula is C114H115BBrCl2F14LiO14. The van der Waals surface area contributed by atoms with E-state index in [0.717, 1.165) is 83.6 Å². The third kappa shape index (κ3) is 26.8. The van der Waals surface area contributed by atoms with Gasteiger partial charge < -0.3 is 63.1 Å². The van der Waals surface area contributed by atoms with E-state index in [1.807, 2.05) is 96.1 Å². The molecular weight excluding hydrogens is 2030 g/mol. The number of halogens is 17. The summed E-state index contributed by atoms with van der Waals surface area (Å²) < 4.78 is 251. The normalized spacial score (nSPS) is 15.4. The fraction of sp³-hybridized carbons (Fsp3) is 0.325. The van der Waals surface area contributed by atoms with Crippen LogP contribution in [-0.2, 0) is 36.7 Å². The zero-order valence-electron chi connectivity index (χ0n) is 85.5. The van der Waals surface area contributed by atoms with Crippen LogP contribution in [0.2, 0.25) is 0 Å². The summed E-state index contributed by atoms with van der Waals surface area (Å²) in [7, 11) is 6.31. The van der Waals surface area contributed by atoms with Gasteiger partial charge in [-0.25, -0.2) is 8.78 Å². The van der Waals surface area contributed by atoms with E-state index in [9.17, 15) is 44.7 Å².